The number of rotatable bonds is 0. The van der Waals surface area contributed by atoms with Crippen LogP contribution in [-0.4, -0.2) is 0 Å². The van der Waals surface area contributed by atoms with E-state index in [1.807, 2.05) is 12.1 Å². The number of hydrogen-bond donors (Lipinski definition) is 1. The van der Waals surface area contributed by atoms with Crippen LogP contribution >= 0.6 is 0 Å². The van der Waals surface area contributed by atoms with Crippen molar-refractivity contribution < 1.29 is 0 Å². The molecule has 0 unspecified atom stereocenters. The second-order valence-corrected chi connectivity index (χ2v) is 4.64. The third-order valence-corrected chi connectivity index (χ3v) is 3.85. The average Bonchev–Trinajstić information content (AvgIpc) is 2.93. The Labute approximate surface area is 84.6 Å². The van der Waals surface area contributed by atoms with Crippen LogP contribution in [-0.2, 0) is 6.42 Å². The normalized spacial score (nSPS) is 22.1. The molecule has 72 valence electrons. The largest absolute Gasteiger partial charge is 0.398 e. The number of hydrogen-bond acceptors (Lipinski definition) is 1. The Morgan fingerprint density at radius 3 is 2.71 bits per heavy atom. The smallest absolute Gasteiger partial charge is 0.0393 e. The van der Waals surface area contributed by atoms with Gasteiger partial charge in [0, 0.05) is 11.3 Å². The van der Waals surface area contributed by atoms with E-state index in [9.17, 15) is 0 Å². The van der Waals surface area contributed by atoms with Crippen LogP contribution in [0.15, 0.2) is 24.8 Å². The zero-order valence-electron chi connectivity index (χ0n) is 8.34. The zero-order chi connectivity index (χ0) is 9.76. The number of anilines is 1. The molecule has 1 fully saturated rings. The van der Waals surface area contributed by atoms with Crippen molar-refractivity contribution in [1.82, 2.24) is 0 Å². The van der Waals surface area contributed by atoms with Gasteiger partial charge in [-0.05, 0) is 48.3 Å². The predicted octanol–water partition coefficient (Wildman–Crippen LogP) is 3.01. The van der Waals surface area contributed by atoms with E-state index in [2.05, 4.69) is 12.6 Å². The number of allylic oxidation sites excluding steroid dienone is 1. The summed E-state index contributed by atoms with van der Waals surface area (Å²) in [6.07, 6.45) is 5.10. The Hall–Kier alpha value is -1.24. The summed E-state index contributed by atoms with van der Waals surface area (Å²) >= 11 is 0. The maximum absolute atomic E-state index is 6.02. The molecule has 14 heavy (non-hydrogen) atoms. The molecule has 0 heterocycles. The number of nitrogen functional groups attached to an aromatic ring is 1. The quantitative estimate of drug-likeness (QED) is 0.618. The van der Waals surface area contributed by atoms with Gasteiger partial charge in [0.1, 0.15) is 0 Å². The van der Waals surface area contributed by atoms with Crippen LogP contribution in [0.25, 0.3) is 5.57 Å². The molecule has 3 rings (SSSR count). The van der Waals surface area contributed by atoms with Crippen LogP contribution < -0.4 is 5.73 Å². The van der Waals surface area contributed by atoms with Crippen molar-refractivity contribution in [3.8, 4) is 0 Å². The first-order valence-electron chi connectivity index (χ1n) is 5.30. The van der Waals surface area contributed by atoms with Crippen LogP contribution in [0.5, 0.6) is 0 Å². The lowest BCUT2D eigenvalue weighted by atomic mass is 9.77. The van der Waals surface area contributed by atoms with Crippen molar-refractivity contribution in [3.63, 3.8) is 0 Å². The van der Waals surface area contributed by atoms with E-state index in [0.29, 0.717) is 5.41 Å². The van der Waals surface area contributed by atoms with Crippen LogP contribution in [0.2, 0.25) is 0 Å². The van der Waals surface area contributed by atoms with Crippen LogP contribution in [0.4, 0.5) is 5.69 Å². The minimum Gasteiger partial charge on any atom is -0.398 e. The highest BCUT2D eigenvalue weighted by Crippen LogP contribution is 2.61. The van der Waals surface area contributed by atoms with E-state index in [-0.39, 0.29) is 0 Å². The molecule has 2 N–H and O–H groups in total. The molecule has 1 nitrogen and oxygen atoms in total. The molecule has 0 amide bonds. The molecule has 0 aliphatic heterocycles. The number of benzene rings is 1. The fourth-order valence-electron chi connectivity index (χ4n) is 2.69. The molecular weight excluding hydrogens is 170 g/mol. The van der Waals surface area contributed by atoms with E-state index in [1.165, 1.54) is 42.4 Å². The van der Waals surface area contributed by atoms with Gasteiger partial charge >= 0.3 is 0 Å². The third kappa shape index (κ3) is 0.899. The molecule has 1 aromatic rings. The second-order valence-electron chi connectivity index (χ2n) is 4.64. The SMILES string of the molecule is C=C1c2c(N)cccc2CCC12CC2. The van der Waals surface area contributed by atoms with Crippen molar-refractivity contribution in [1.29, 1.82) is 0 Å². The summed E-state index contributed by atoms with van der Waals surface area (Å²) in [6.45, 7) is 4.25. The van der Waals surface area contributed by atoms with Gasteiger partial charge in [-0.3, -0.25) is 0 Å². The highest BCUT2D eigenvalue weighted by Gasteiger charge is 2.47. The third-order valence-electron chi connectivity index (χ3n) is 3.85. The van der Waals surface area contributed by atoms with E-state index in [4.69, 9.17) is 5.73 Å². The number of nitrogens with two attached hydrogens (primary N) is 1. The summed E-state index contributed by atoms with van der Waals surface area (Å²) in [4.78, 5) is 0. The summed E-state index contributed by atoms with van der Waals surface area (Å²) in [5.41, 5.74) is 11.3. The van der Waals surface area contributed by atoms with E-state index in [0.717, 1.165) is 5.69 Å². The van der Waals surface area contributed by atoms with Crippen molar-refractivity contribution in [3.05, 3.63) is 35.9 Å². The lowest BCUT2D eigenvalue weighted by Gasteiger charge is -2.28. The molecule has 1 aromatic carbocycles. The van der Waals surface area contributed by atoms with Gasteiger partial charge in [-0.2, -0.15) is 0 Å². The van der Waals surface area contributed by atoms with Gasteiger partial charge in [-0.1, -0.05) is 18.7 Å². The van der Waals surface area contributed by atoms with Gasteiger partial charge in [0.25, 0.3) is 0 Å². The molecular formula is C13H15N. The van der Waals surface area contributed by atoms with Gasteiger partial charge in [-0.25, -0.2) is 0 Å². The standard InChI is InChI=1S/C13H15N/c1-9-12-10(3-2-4-11(12)14)5-6-13(9)7-8-13/h2-4H,1,5-8,14H2. The Morgan fingerprint density at radius 2 is 2.00 bits per heavy atom. The summed E-state index contributed by atoms with van der Waals surface area (Å²) < 4.78 is 0. The summed E-state index contributed by atoms with van der Waals surface area (Å²) in [6, 6.07) is 6.23. The summed E-state index contributed by atoms with van der Waals surface area (Å²) in [5.74, 6) is 0. The monoisotopic (exact) mass is 185 g/mol. The second kappa shape index (κ2) is 2.41. The average molecular weight is 185 g/mol. The van der Waals surface area contributed by atoms with Crippen molar-refractivity contribution in [2.45, 2.75) is 25.7 Å². The summed E-state index contributed by atoms with van der Waals surface area (Å²) in [5, 5.41) is 0. The van der Waals surface area contributed by atoms with Gasteiger partial charge in [-0.15, -0.1) is 0 Å². The van der Waals surface area contributed by atoms with Gasteiger partial charge in [0.2, 0.25) is 0 Å². The van der Waals surface area contributed by atoms with Crippen LogP contribution in [0.1, 0.15) is 30.4 Å². The molecule has 2 aliphatic rings. The fraction of sp³-hybridized carbons (Fsp3) is 0.385. The van der Waals surface area contributed by atoms with Crippen LogP contribution in [0.3, 0.4) is 0 Å². The van der Waals surface area contributed by atoms with Gasteiger partial charge in [0.05, 0.1) is 0 Å². The van der Waals surface area contributed by atoms with Crippen molar-refractivity contribution in [2.24, 2.45) is 5.41 Å². The Bertz CT molecular complexity index is 413. The molecule has 0 bridgehead atoms. The van der Waals surface area contributed by atoms with Crippen molar-refractivity contribution in [2.75, 3.05) is 5.73 Å². The minimum atomic E-state index is 0.447. The summed E-state index contributed by atoms with van der Waals surface area (Å²) in [7, 11) is 0. The van der Waals surface area contributed by atoms with Gasteiger partial charge < -0.3 is 5.73 Å². The molecule has 0 aromatic heterocycles. The molecule has 0 saturated heterocycles. The highest BCUT2D eigenvalue weighted by molar-refractivity contribution is 5.82. The van der Waals surface area contributed by atoms with Crippen molar-refractivity contribution >= 4 is 11.3 Å². The zero-order valence-corrected chi connectivity index (χ0v) is 8.34. The minimum absolute atomic E-state index is 0.447. The Kier molecular flexibility index (Phi) is 1.40. The Morgan fingerprint density at radius 1 is 1.21 bits per heavy atom. The fourth-order valence-corrected chi connectivity index (χ4v) is 2.69. The predicted molar refractivity (Wildman–Crippen MR) is 59.9 cm³/mol. The topological polar surface area (TPSA) is 26.0 Å². The molecule has 1 saturated carbocycles. The highest BCUT2D eigenvalue weighted by atomic mass is 14.6. The molecule has 1 heteroatoms. The Balaban J connectivity index is 2.18. The van der Waals surface area contributed by atoms with E-state index in [1.54, 1.807) is 0 Å². The first-order valence-corrected chi connectivity index (χ1v) is 5.30. The van der Waals surface area contributed by atoms with Crippen LogP contribution in [0, 0.1) is 5.41 Å². The molecule has 1 spiro atoms. The number of aryl methyl sites for hydroxylation is 1. The van der Waals surface area contributed by atoms with E-state index >= 15 is 0 Å². The maximum atomic E-state index is 6.02. The first kappa shape index (κ1) is 8.10. The van der Waals surface area contributed by atoms with E-state index < -0.39 is 0 Å². The first-order chi connectivity index (χ1) is 6.73. The lowest BCUT2D eigenvalue weighted by Crippen LogP contribution is -2.14. The molecule has 0 radical (unpaired) electrons. The molecule has 0 atom stereocenters. The van der Waals surface area contributed by atoms with Gasteiger partial charge in [0.15, 0.2) is 0 Å². The molecule has 2 aliphatic carbocycles. The lowest BCUT2D eigenvalue weighted by molar-refractivity contribution is 0.584. The number of fused-ring (bicyclic) bond motifs is 1. The maximum Gasteiger partial charge on any atom is 0.0393 e.